The number of aryl methyl sites for hydroxylation is 2. The van der Waals surface area contributed by atoms with Gasteiger partial charge in [-0.25, -0.2) is 8.42 Å². The smallest absolute Gasteiger partial charge is 0.243 e. The van der Waals surface area contributed by atoms with Gasteiger partial charge < -0.3 is 10.6 Å². The van der Waals surface area contributed by atoms with Gasteiger partial charge in [-0.1, -0.05) is 35.4 Å². The largest absolute Gasteiger partial charge is 0.324 e. The topological polar surface area (TPSA) is 78.5 Å². The molecule has 1 aliphatic heterocycles. The first-order valence-corrected chi connectivity index (χ1v) is 11.9. The highest BCUT2D eigenvalue weighted by atomic mass is 35.5. The second-order valence-electron chi connectivity index (χ2n) is 7.76. The molecule has 0 saturated carbocycles. The second kappa shape index (κ2) is 9.47. The number of rotatable bonds is 7. The summed E-state index contributed by atoms with van der Waals surface area (Å²) in [7, 11) is -3.58. The van der Waals surface area contributed by atoms with E-state index in [1.54, 1.807) is 0 Å². The van der Waals surface area contributed by atoms with Gasteiger partial charge in [-0.05, 0) is 62.9 Å². The summed E-state index contributed by atoms with van der Waals surface area (Å²) in [5, 5.41) is 6.24. The van der Waals surface area contributed by atoms with E-state index in [4.69, 9.17) is 11.6 Å². The highest BCUT2D eigenvalue weighted by Gasteiger charge is 2.27. The average molecular weight is 450 g/mol. The zero-order chi connectivity index (χ0) is 21.9. The summed E-state index contributed by atoms with van der Waals surface area (Å²) in [4.78, 5) is 12.6. The van der Waals surface area contributed by atoms with Crippen LogP contribution in [-0.4, -0.2) is 38.3 Å². The van der Waals surface area contributed by atoms with Gasteiger partial charge in [-0.3, -0.25) is 4.79 Å². The quantitative estimate of drug-likeness (QED) is 0.668. The van der Waals surface area contributed by atoms with Crippen LogP contribution in [0.25, 0.3) is 0 Å². The van der Waals surface area contributed by atoms with Crippen LogP contribution in [0.3, 0.4) is 0 Å². The van der Waals surface area contributed by atoms with Gasteiger partial charge in [0.05, 0.1) is 22.2 Å². The molecule has 0 radical (unpaired) electrons. The fourth-order valence-electron chi connectivity index (χ4n) is 3.61. The molecule has 8 heteroatoms. The first kappa shape index (κ1) is 22.7. The first-order valence-electron chi connectivity index (χ1n) is 10.1. The Morgan fingerprint density at radius 1 is 1.13 bits per heavy atom. The lowest BCUT2D eigenvalue weighted by Crippen LogP contribution is -2.31. The van der Waals surface area contributed by atoms with Gasteiger partial charge in [0.15, 0.2) is 0 Å². The van der Waals surface area contributed by atoms with Gasteiger partial charge >= 0.3 is 0 Å². The molecule has 1 atom stereocenters. The highest BCUT2D eigenvalue weighted by molar-refractivity contribution is 7.89. The molecule has 3 rings (SSSR count). The van der Waals surface area contributed by atoms with E-state index in [9.17, 15) is 13.2 Å². The summed E-state index contributed by atoms with van der Waals surface area (Å²) >= 11 is 6.20. The predicted octanol–water partition coefficient (Wildman–Crippen LogP) is 4.03. The standard InChI is InChI=1S/C22H28ClN3O3S/c1-15-6-7-16(2)19(12-15)17(3)24-14-22(27)25-21-13-18(8-9-20(21)23)30(28,29)26-10-4-5-11-26/h6-9,12-13,17,24H,4-5,10-11,14H2,1-3H3,(H,25,27)/t17-/m0/s1. The minimum atomic E-state index is -3.58. The maximum absolute atomic E-state index is 12.8. The minimum absolute atomic E-state index is 0.00648. The number of sulfonamides is 1. The van der Waals surface area contributed by atoms with E-state index in [2.05, 4.69) is 28.8 Å². The molecule has 1 fully saturated rings. The minimum Gasteiger partial charge on any atom is -0.324 e. The van der Waals surface area contributed by atoms with Gasteiger partial charge in [0.1, 0.15) is 0 Å². The Hall–Kier alpha value is -1.93. The van der Waals surface area contributed by atoms with Crippen molar-refractivity contribution in [1.82, 2.24) is 9.62 Å². The fraction of sp³-hybridized carbons (Fsp3) is 0.409. The summed E-state index contributed by atoms with van der Waals surface area (Å²) in [6.45, 7) is 7.20. The number of benzene rings is 2. The molecule has 1 saturated heterocycles. The number of nitrogens with one attached hydrogen (secondary N) is 2. The highest BCUT2D eigenvalue weighted by Crippen LogP contribution is 2.28. The van der Waals surface area contributed by atoms with Gasteiger partial charge in [0, 0.05) is 19.1 Å². The molecule has 0 unspecified atom stereocenters. The van der Waals surface area contributed by atoms with Crippen LogP contribution >= 0.6 is 11.6 Å². The van der Waals surface area contributed by atoms with Crippen molar-refractivity contribution in [3.8, 4) is 0 Å². The van der Waals surface area contributed by atoms with E-state index >= 15 is 0 Å². The lowest BCUT2D eigenvalue weighted by atomic mass is 10.00. The molecule has 2 aromatic rings. The Labute approximate surface area is 183 Å². The average Bonchev–Trinajstić information content (AvgIpc) is 3.25. The van der Waals surface area contributed by atoms with Crippen molar-refractivity contribution in [3.63, 3.8) is 0 Å². The van der Waals surface area contributed by atoms with Crippen molar-refractivity contribution in [3.05, 3.63) is 58.1 Å². The molecule has 1 heterocycles. The van der Waals surface area contributed by atoms with Crippen molar-refractivity contribution >= 4 is 33.2 Å². The second-order valence-corrected chi connectivity index (χ2v) is 10.1. The van der Waals surface area contributed by atoms with Crippen molar-refractivity contribution in [2.45, 2.75) is 44.6 Å². The zero-order valence-corrected chi connectivity index (χ0v) is 19.1. The van der Waals surface area contributed by atoms with Crippen LogP contribution in [0.2, 0.25) is 5.02 Å². The van der Waals surface area contributed by atoms with E-state index in [1.165, 1.54) is 22.5 Å². The van der Waals surface area contributed by atoms with Crippen molar-refractivity contribution in [2.24, 2.45) is 0 Å². The zero-order valence-electron chi connectivity index (χ0n) is 17.5. The number of hydrogen-bond acceptors (Lipinski definition) is 4. The SMILES string of the molecule is Cc1ccc(C)c([C@H](C)NCC(=O)Nc2cc(S(=O)(=O)N3CCCC3)ccc2Cl)c1. The number of amides is 1. The fourth-order valence-corrected chi connectivity index (χ4v) is 5.32. The van der Waals surface area contributed by atoms with Crippen molar-refractivity contribution < 1.29 is 13.2 Å². The van der Waals surface area contributed by atoms with E-state index in [0.717, 1.165) is 29.5 Å². The van der Waals surface area contributed by atoms with Crippen LogP contribution in [0, 0.1) is 13.8 Å². The van der Waals surface area contributed by atoms with Gasteiger partial charge in [0.25, 0.3) is 0 Å². The maximum Gasteiger partial charge on any atom is 0.243 e. The molecule has 2 aromatic carbocycles. The lowest BCUT2D eigenvalue weighted by Gasteiger charge is -2.18. The number of carbonyl (C=O) groups is 1. The molecule has 6 nitrogen and oxygen atoms in total. The Morgan fingerprint density at radius 3 is 2.53 bits per heavy atom. The molecule has 0 aromatic heterocycles. The molecule has 30 heavy (non-hydrogen) atoms. The van der Waals surface area contributed by atoms with Gasteiger partial charge in [-0.15, -0.1) is 0 Å². The first-order chi connectivity index (χ1) is 14.2. The van der Waals surface area contributed by atoms with E-state index in [-0.39, 0.29) is 23.4 Å². The third-order valence-corrected chi connectivity index (χ3v) is 7.61. The molecule has 0 spiro atoms. The molecule has 0 aliphatic carbocycles. The van der Waals surface area contributed by atoms with E-state index in [0.29, 0.717) is 23.8 Å². The van der Waals surface area contributed by atoms with Crippen LogP contribution < -0.4 is 10.6 Å². The maximum atomic E-state index is 12.8. The molecular formula is C22H28ClN3O3S. The number of carbonyl (C=O) groups excluding carboxylic acids is 1. The third-order valence-electron chi connectivity index (χ3n) is 5.38. The van der Waals surface area contributed by atoms with Crippen LogP contribution in [0.5, 0.6) is 0 Å². The summed E-state index contributed by atoms with van der Waals surface area (Å²) in [6, 6.07) is 10.6. The third kappa shape index (κ3) is 5.21. The Kier molecular flexibility index (Phi) is 7.18. The molecular weight excluding hydrogens is 422 g/mol. The number of halogens is 1. The van der Waals surface area contributed by atoms with Crippen LogP contribution in [-0.2, 0) is 14.8 Å². The Bertz CT molecular complexity index is 1030. The summed E-state index contributed by atoms with van der Waals surface area (Å²) in [5.74, 6) is -0.287. The molecule has 1 amide bonds. The van der Waals surface area contributed by atoms with Crippen molar-refractivity contribution in [2.75, 3.05) is 25.0 Å². The number of anilines is 1. The van der Waals surface area contributed by atoms with Crippen LogP contribution in [0.15, 0.2) is 41.3 Å². The summed E-state index contributed by atoms with van der Waals surface area (Å²) < 4.78 is 27.0. The Morgan fingerprint density at radius 2 is 1.83 bits per heavy atom. The Balaban J connectivity index is 1.67. The van der Waals surface area contributed by atoms with E-state index in [1.807, 2.05) is 20.8 Å². The predicted molar refractivity (Wildman–Crippen MR) is 120 cm³/mol. The number of nitrogens with zero attached hydrogens (tertiary/aromatic N) is 1. The van der Waals surface area contributed by atoms with Gasteiger partial charge in [0.2, 0.25) is 15.9 Å². The molecule has 2 N–H and O–H groups in total. The number of hydrogen-bond donors (Lipinski definition) is 2. The summed E-state index contributed by atoms with van der Waals surface area (Å²) in [6.07, 6.45) is 1.72. The normalized spacial score (nSPS) is 15.9. The van der Waals surface area contributed by atoms with Crippen LogP contribution in [0.4, 0.5) is 5.69 Å². The van der Waals surface area contributed by atoms with Crippen molar-refractivity contribution in [1.29, 1.82) is 0 Å². The molecule has 1 aliphatic rings. The molecule has 162 valence electrons. The molecule has 0 bridgehead atoms. The summed E-state index contributed by atoms with van der Waals surface area (Å²) in [5.41, 5.74) is 3.75. The van der Waals surface area contributed by atoms with E-state index < -0.39 is 10.0 Å². The monoisotopic (exact) mass is 449 g/mol. The lowest BCUT2D eigenvalue weighted by molar-refractivity contribution is -0.115. The van der Waals surface area contributed by atoms with Crippen LogP contribution in [0.1, 0.15) is 42.5 Å². The van der Waals surface area contributed by atoms with Gasteiger partial charge in [-0.2, -0.15) is 4.31 Å².